The molecule has 2 heteroatoms. The van der Waals surface area contributed by atoms with E-state index in [-0.39, 0.29) is 6.61 Å². The Kier molecular flexibility index (Phi) is 4.72. The Hall–Kier alpha value is -1.90. The van der Waals surface area contributed by atoms with Gasteiger partial charge in [-0.05, 0) is 47.7 Å². The van der Waals surface area contributed by atoms with E-state index in [2.05, 4.69) is 12.1 Å². The van der Waals surface area contributed by atoms with Gasteiger partial charge in [-0.3, -0.25) is 0 Å². The summed E-state index contributed by atoms with van der Waals surface area (Å²) in [5.74, 6) is 0. The highest BCUT2D eigenvalue weighted by Gasteiger charge is 2.04. The number of allylic oxidation sites excluding steroid dienone is 1. The van der Waals surface area contributed by atoms with E-state index in [0.29, 0.717) is 0 Å². The first-order chi connectivity index (χ1) is 9.61. The minimum atomic E-state index is -0.455. The molecular formula is C18H20O2. The Labute approximate surface area is 120 Å². The maximum Gasteiger partial charge on any atom is 0.0762 e. The number of benzene rings is 2. The molecule has 104 valence electrons. The van der Waals surface area contributed by atoms with Crippen LogP contribution in [0.25, 0.3) is 16.7 Å². The van der Waals surface area contributed by atoms with Crippen molar-refractivity contribution in [3.05, 3.63) is 65.7 Å². The molecule has 0 saturated heterocycles. The van der Waals surface area contributed by atoms with Gasteiger partial charge in [-0.2, -0.15) is 0 Å². The molecule has 0 fully saturated rings. The summed E-state index contributed by atoms with van der Waals surface area (Å²) >= 11 is 0. The van der Waals surface area contributed by atoms with Crippen molar-refractivity contribution in [2.75, 3.05) is 6.61 Å². The van der Waals surface area contributed by atoms with Crippen LogP contribution in [0.3, 0.4) is 0 Å². The molecule has 0 aliphatic heterocycles. The number of aliphatic hydroxyl groups is 2. The van der Waals surface area contributed by atoms with E-state index in [1.54, 1.807) is 13.0 Å². The van der Waals surface area contributed by atoms with Gasteiger partial charge in [0.25, 0.3) is 0 Å². The number of rotatable bonds is 4. The Morgan fingerprint density at radius 1 is 1.10 bits per heavy atom. The van der Waals surface area contributed by atoms with Gasteiger partial charge < -0.3 is 10.2 Å². The van der Waals surface area contributed by atoms with Gasteiger partial charge >= 0.3 is 0 Å². The third-order valence-corrected chi connectivity index (χ3v) is 3.44. The molecule has 0 spiro atoms. The molecule has 0 aliphatic rings. The van der Waals surface area contributed by atoms with E-state index >= 15 is 0 Å². The molecule has 2 nitrogen and oxygen atoms in total. The van der Waals surface area contributed by atoms with Crippen LogP contribution < -0.4 is 0 Å². The summed E-state index contributed by atoms with van der Waals surface area (Å²) in [5.41, 5.74) is 5.31. The predicted octanol–water partition coefficient (Wildman–Crippen LogP) is 3.80. The molecule has 20 heavy (non-hydrogen) atoms. The van der Waals surface area contributed by atoms with Crippen molar-refractivity contribution >= 4 is 5.57 Å². The molecule has 2 aromatic carbocycles. The molecule has 2 rings (SSSR count). The van der Waals surface area contributed by atoms with Gasteiger partial charge in [0.2, 0.25) is 0 Å². The Morgan fingerprint density at radius 2 is 1.80 bits per heavy atom. The van der Waals surface area contributed by atoms with Crippen molar-refractivity contribution < 1.29 is 10.2 Å². The quantitative estimate of drug-likeness (QED) is 0.885. The lowest BCUT2D eigenvalue weighted by Gasteiger charge is -2.09. The van der Waals surface area contributed by atoms with Crippen molar-refractivity contribution in [1.82, 2.24) is 0 Å². The van der Waals surface area contributed by atoms with Gasteiger partial charge in [-0.25, -0.2) is 0 Å². The maximum absolute atomic E-state index is 9.64. The van der Waals surface area contributed by atoms with Crippen LogP contribution in [0.1, 0.15) is 31.1 Å². The van der Waals surface area contributed by atoms with Crippen LogP contribution >= 0.6 is 0 Å². The smallest absolute Gasteiger partial charge is 0.0762 e. The van der Waals surface area contributed by atoms with Crippen LogP contribution in [0.4, 0.5) is 0 Å². The average molecular weight is 268 g/mol. The number of hydrogen-bond acceptors (Lipinski definition) is 2. The molecule has 1 atom stereocenters. The van der Waals surface area contributed by atoms with Crippen molar-refractivity contribution in [1.29, 1.82) is 0 Å². The maximum atomic E-state index is 9.64. The highest BCUT2D eigenvalue weighted by atomic mass is 16.3. The molecule has 0 radical (unpaired) electrons. The fourth-order valence-electron chi connectivity index (χ4n) is 2.16. The van der Waals surface area contributed by atoms with Crippen molar-refractivity contribution in [3.8, 4) is 11.1 Å². The fourth-order valence-corrected chi connectivity index (χ4v) is 2.16. The largest absolute Gasteiger partial charge is 0.392 e. The van der Waals surface area contributed by atoms with Crippen LogP contribution in [-0.2, 0) is 0 Å². The first-order valence-corrected chi connectivity index (χ1v) is 6.78. The molecule has 0 aliphatic carbocycles. The molecule has 0 unspecified atom stereocenters. The molecule has 2 N–H and O–H groups in total. The zero-order valence-electron chi connectivity index (χ0n) is 11.9. The van der Waals surface area contributed by atoms with Crippen molar-refractivity contribution in [3.63, 3.8) is 0 Å². The summed E-state index contributed by atoms with van der Waals surface area (Å²) in [4.78, 5) is 0. The summed E-state index contributed by atoms with van der Waals surface area (Å²) in [6.07, 6.45) is 1.34. The standard InChI is InChI=1S/C18H20O2/c1-13(10-11-19)15-6-8-16(9-7-15)18-5-3-4-17(12-18)14(2)20/h3-10,12,14,19-20H,11H2,1-2H3/t14-/m0/s1. The minimum absolute atomic E-state index is 0.0595. The normalized spacial score (nSPS) is 13.3. The average Bonchev–Trinajstić information content (AvgIpc) is 2.48. The van der Waals surface area contributed by atoms with Crippen molar-refractivity contribution in [2.24, 2.45) is 0 Å². The lowest BCUT2D eigenvalue weighted by Crippen LogP contribution is -1.91. The first-order valence-electron chi connectivity index (χ1n) is 6.78. The van der Waals surface area contributed by atoms with E-state index < -0.39 is 6.10 Å². The minimum Gasteiger partial charge on any atom is -0.392 e. The highest BCUT2D eigenvalue weighted by molar-refractivity contribution is 5.70. The molecular weight excluding hydrogens is 248 g/mol. The highest BCUT2D eigenvalue weighted by Crippen LogP contribution is 2.25. The van der Waals surface area contributed by atoms with Gasteiger partial charge in [0, 0.05) is 0 Å². The number of aliphatic hydroxyl groups excluding tert-OH is 2. The second-order valence-corrected chi connectivity index (χ2v) is 4.95. The summed E-state index contributed by atoms with van der Waals surface area (Å²) in [6.45, 7) is 3.81. The lowest BCUT2D eigenvalue weighted by molar-refractivity contribution is 0.199. The topological polar surface area (TPSA) is 40.5 Å². The predicted molar refractivity (Wildman–Crippen MR) is 83.2 cm³/mol. The van der Waals surface area contributed by atoms with Crippen LogP contribution in [0, 0.1) is 0 Å². The van der Waals surface area contributed by atoms with Gasteiger partial charge in [0.1, 0.15) is 0 Å². The van der Waals surface area contributed by atoms with E-state index in [9.17, 15) is 5.11 Å². The molecule has 0 heterocycles. The van der Waals surface area contributed by atoms with E-state index in [0.717, 1.165) is 27.8 Å². The molecule has 2 aromatic rings. The first kappa shape index (κ1) is 14.5. The van der Waals surface area contributed by atoms with Gasteiger partial charge in [-0.15, -0.1) is 0 Å². The van der Waals surface area contributed by atoms with Crippen LogP contribution in [0.15, 0.2) is 54.6 Å². The third-order valence-electron chi connectivity index (χ3n) is 3.44. The summed E-state index contributed by atoms with van der Waals surface area (Å²) in [7, 11) is 0. The molecule has 0 amide bonds. The van der Waals surface area contributed by atoms with Crippen molar-refractivity contribution in [2.45, 2.75) is 20.0 Å². The monoisotopic (exact) mass is 268 g/mol. The van der Waals surface area contributed by atoms with E-state index in [1.807, 2.05) is 43.3 Å². The fraction of sp³-hybridized carbons (Fsp3) is 0.222. The van der Waals surface area contributed by atoms with Gasteiger partial charge in [0.15, 0.2) is 0 Å². The van der Waals surface area contributed by atoms with Gasteiger partial charge in [0.05, 0.1) is 12.7 Å². The molecule has 0 saturated carbocycles. The summed E-state index contributed by atoms with van der Waals surface area (Å²) in [6, 6.07) is 16.2. The SMILES string of the molecule is CC(=CCO)c1ccc(-c2cccc([C@H](C)O)c2)cc1. The molecule has 0 aromatic heterocycles. The van der Waals surface area contributed by atoms with E-state index in [4.69, 9.17) is 5.11 Å². The third kappa shape index (κ3) is 3.35. The van der Waals surface area contributed by atoms with Crippen LogP contribution in [-0.4, -0.2) is 16.8 Å². The second kappa shape index (κ2) is 6.51. The van der Waals surface area contributed by atoms with E-state index in [1.165, 1.54) is 0 Å². The van der Waals surface area contributed by atoms with Crippen LogP contribution in [0.2, 0.25) is 0 Å². The van der Waals surface area contributed by atoms with Gasteiger partial charge in [-0.1, -0.05) is 48.5 Å². The lowest BCUT2D eigenvalue weighted by atomic mass is 9.98. The Morgan fingerprint density at radius 3 is 2.40 bits per heavy atom. The summed E-state index contributed by atoms with van der Waals surface area (Å²) in [5, 5.41) is 18.6. The number of hydrogen-bond donors (Lipinski definition) is 2. The Bertz CT molecular complexity index is 595. The molecule has 0 bridgehead atoms. The zero-order valence-corrected chi connectivity index (χ0v) is 11.9. The zero-order chi connectivity index (χ0) is 14.5. The summed E-state index contributed by atoms with van der Waals surface area (Å²) < 4.78 is 0. The second-order valence-electron chi connectivity index (χ2n) is 4.95. The van der Waals surface area contributed by atoms with Crippen LogP contribution in [0.5, 0.6) is 0 Å². The Balaban J connectivity index is 2.30.